The minimum absolute atomic E-state index is 0.0123. The van der Waals surface area contributed by atoms with Gasteiger partial charge in [-0.25, -0.2) is 4.98 Å². The van der Waals surface area contributed by atoms with Crippen LogP contribution >= 0.6 is 0 Å². The molecule has 0 fully saturated rings. The van der Waals surface area contributed by atoms with Crippen LogP contribution in [0.3, 0.4) is 0 Å². The Morgan fingerprint density at radius 1 is 1.07 bits per heavy atom. The van der Waals surface area contributed by atoms with Gasteiger partial charge >= 0.3 is 11.6 Å². The van der Waals surface area contributed by atoms with Gasteiger partial charge < -0.3 is 14.8 Å². The molecule has 3 rings (SSSR count). The molecular formula is C20H20N4O4. The van der Waals surface area contributed by atoms with Crippen LogP contribution in [0.2, 0.25) is 0 Å². The first-order valence-corrected chi connectivity index (χ1v) is 8.67. The molecule has 0 aliphatic rings. The Kier molecular flexibility index (Phi) is 5.69. The molecule has 0 saturated heterocycles. The highest BCUT2D eigenvalue weighted by Gasteiger charge is 2.25. The predicted octanol–water partition coefficient (Wildman–Crippen LogP) is 5.05. The lowest BCUT2D eigenvalue weighted by molar-refractivity contribution is -0.385. The number of nitrogens with one attached hydrogen (secondary N) is 1. The molecule has 1 heterocycles. The molecule has 0 spiro atoms. The summed E-state index contributed by atoms with van der Waals surface area (Å²) >= 11 is 0. The number of methoxy groups -OCH3 is 1. The monoisotopic (exact) mass is 380 g/mol. The molecule has 0 amide bonds. The number of hydrogen-bond acceptors (Lipinski definition) is 7. The summed E-state index contributed by atoms with van der Waals surface area (Å²) in [6.07, 6.45) is 1.21. The third-order valence-corrected chi connectivity index (χ3v) is 4.09. The number of para-hydroxylation sites is 2. The highest BCUT2D eigenvalue weighted by atomic mass is 16.6. The third kappa shape index (κ3) is 4.17. The number of benzene rings is 2. The lowest BCUT2D eigenvalue weighted by Gasteiger charge is -2.12. The topological polar surface area (TPSA) is 99.4 Å². The third-order valence-electron chi connectivity index (χ3n) is 4.09. The van der Waals surface area contributed by atoms with Crippen LogP contribution in [0, 0.1) is 10.1 Å². The minimum atomic E-state index is -0.574. The van der Waals surface area contributed by atoms with E-state index in [9.17, 15) is 10.1 Å². The van der Waals surface area contributed by atoms with Crippen LogP contribution in [0.25, 0.3) is 0 Å². The normalized spacial score (nSPS) is 10.6. The SMILES string of the molecule is COc1ccccc1Nc1ncnc(Oc2ccc(C(C)C)cc2)c1[N+](=O)[O-]. The van der Waals surface area contributed by atoms with Crippen molar-refractivity contribution in [1.82, 2.24) is 9.97 Å². The smallest absolute Gasteiger partial charge is 0.373 e. The van der Waals surface area contributed by atoms with Gasteiger partial charge in [0.25, 0.3) is 0 Å². The molecular weight excluding hydrogens is 360 g/mol. The van der Waals surface area contributed by atoms with Crippen LogP contribution in [-0.2, 0) is 0 Å². The van der Waals surface area contributed by atoms with Gasteiger partial charge in [-0.3, -0.25) is 10.1 Å². The van der Waals surface area contributed by atoms with E-state index in [2.05, 4.69) is 29.1 Å². The van der Waals surface area contributed by atoms with Gasteiger partial charge in [-0.15, -0.1) is 0 Å². The molecule has 8 nitrogen and oxygen atoms in total. The van der Waals surface area contributed by atoms with E-state index < -0.39 is 4.92 Å². The fraction of sp³-hybridized carbons (Fsp3) is 0.200. The summed E-state index contributed by atoms with van der Waals surface area (Å²) in [6.45, 7) is 4.17. The number of hydrogen-bond donors (Lipinski definition) is 1. The molecule has 0 bridgehead atoms. The zero-order valence-corrected chi connectivity index (χ0v) is 15.7. The molecule has 0 atom stereocenters. The molecule has 0 radical (unpaired) electrons. The molecule has 0 saturated carbocycles. The standard InChI is InChI=1S/C20H20N4O4/c1-13(2)14-8-10-15(11-9-14)28-20-18(24(25)26)19(21-12-22-20)23-16-6-4-5-7-17(16)27-3/h4-13H,1-3H3,(H,21,22,23). The summed E-state index contributed by atoms with van der Waals surface area (Å²) in [7, 11) is 1.52. The first-order valence-electron chi connectivity index (χ1n) is 8.67. The summed E-state index contributed by atoms with van der Waals surface area (Å²) < 4.78 is 10.9. The lowest BCUT2D eigenvalue weighted by Crippen LogP contribution is -2.04. The highest BCUT2D eigenvalue weighted by molar-refractivity contribution is 5.72. The summed E-state index contributed by atoms with van der Waals surface area (Å²) in [5, 5.41) is 14.6. The van der Waals surface area contributed by atoms with Gasteiger partial charge in [-0.1, -0.05) is 38.1 Å². The van der Waals surface area contributed by atoms with Crippen molar-refractivity contribution in [3.05, 3.63) is 70.5 Å². The molecule has 0 aliphatic heterocycles. The Bertz CT molecular complexity index is 974. The predicted molar refractivity (Wildman–Crippen MR) is 106 cm³/mol. The van der Waals surface area contributed by atoms with Gasteiger partial charge in [-0.2, -0.15) is 4.98 Å². The van der Waals surface area contributed by atoms with Crippen LogP contribution in [-0.4, -0.2) is 22.0 Å². The zero-order chi connectivity index (χ0) is 20.1. The first kappa shape index (κ1) is 19.1. The van der Waals surface area contributed by atoms with Crippen LogP contribution in [0.15, 0.2) is 54.9 Å². The molecule has 144 valence electrons. The van der Waals surface area contributed by atoms with Crippen molar-refractivity contribution >= 4 is 17.2 Å². The molecule has 0 unspecified atom stereocenters. The lowest BCUT2D eigenvalue weighted by atomic mass is 10.0. The Balaban J connectivity index is 1.94. The number of nitrogens with zero attached hydrogens (tertiary/aromatic N) is 3. The van der Waals surface area contributed by atoms with E-state index in [0.29, 0.717) is 23.1 Å². The van der Waals surface area contributed by atoms with E-state index in [-0.39, 0.29) is 17.4 Å². The molecule has 3 aromatic rings. The molecule has 1 N–H and O–H groups in total. The van der Waals surface area contributed by atoms with Crippen LogP contribution in [0.1, 0.15) is 25.3 Å². The largest absolute Gasteiger partial charge is 0.495 e. The first-order chi connectivity index (χ1) is 13.5. The van der Waals surface area contributed by atoms with Crippen molar-refractivity contribution in [3.8, 4) is 17.4 Å². The van der Waals surface area contributed by atoms with Gasteiger partial charge in [0.2, 0.25) is 5.82 Å². The Morgan fingerprint density at radius 2 is 1.79 bits per heavy atom. The van der Waals surface area contributed by atoms with Crippen molar-refractivity contribution in [2.75, 3.05) is 12.4 Å². The number of aromatic nitrogens is 2. The van der Waals surface area contributed by atoms with E-state index in [1.54, 1.807) is 36.4 Å². The van der Waals surface area contributed by atoms with Gasteiger partial charge in [0.05, 0.1) is 17.7 Å². The number of nitro groups is 1. The van der Waals surface area contributed by atoms with E-state index >= 15 is 0 Å². The molecule has 1 aromatic heterocycles. The van der Waals surface area contributed by atoms with Crippen LogP contribution < -0.4 is 14.8 Å². The zero-order valence-electron chi connectivity index (χ0n) is 15.7. The maximum atomic E-state index is 11.7. The molecule has 8 heteroatoms. The maximum absolute atomic E-state index is 11.7. The number of anilines is 2. The summed E-state index contributed by atoms with van der Waals surface area (Å²) in [5.74, 6) is 1.23. The Morgan fingerprint density at radius 3 is 2.43 bits per heavy atom. The molecule has 2 aromatic carbocycles. The quantitative estimate of drug-likeness (QED) is 0.452. The second-order valence-electron chi connectivity index (χ2n) is 6.28. The Labute approximate surface area is 162 Å². The fourth-order valence-electron chi connectivity index (χ4n) is 2.60. The fourth-order valence-corrected chi connectivity index (χ4v) is 2.60. The van der Waals surface area contributed by atoms with Gasteiger partial charge in [0.1, 0.15) is 17.8 Å². The van der Waals surface area contributed by atoms with Crippen molar-refractivity contribution in [1.29, 1.82) is 0 Å². The average molecular weight is 380 g/mol. The van der Waals surface area contributed by atoms with E-state index in [0.717, 1.165) is 5.56 Å². The minimum Gasteiger partial charge on any atom is -0.495 e. The van der Waals surface area contributed by atoms with Crippen molar-refractivity contribution in [3.63, 3.8) is 0 Å². The summed E-state index contributed by atoms with van der Waals surface area (Å²) in [6, 6.07) is 14.4. The molecule has 28 heavy (non-hydrogen) atoms. The number of rotatable bonds is 7. The molecule has 0 aliphatic carbocycles. The van der Waals surface area contributed by atoms with E-state index in [4.69, 9.17) is 9.47 Å². The summed E-state index contributed by atoms with van der Waals surface area (Å²) in [4.78, 5) is 19.1. The Hall–Kier alpha value is -3.68. The van der Waals surface area contributed by atoms with Crippen molar-refractivity contribution in [2.24, 2.45) is 0 Å². The maximum Gasteiger partial charge on any atom is 0.373 e. The number of ether oxygens (including phenoxy) is 2. The van der Waals surface area contributed by atoms with Crippen molar-refractivity contribution in [2.45, 2.75) is 19.8 Å². The van der Waals surface area contributed by atoms with Gasteiger partial charge in [-0.05, 0) is 35.7 Å². The average Bonchev–Trinajstić information content (AvgIpc) is 2.68. The second kappa shape index (κ2) is 8.34. The van der Waals surface area contributed by atoms with Gasteiger partial charge in [0.15, 0.2) is 0 Å². The van der Waals surface area contributed by atoms with Gasteiger partial charge in [0, 0.05) is 0 Å². The van der Waals surface area contributed by atoms with Crippen LogP contribution in [0.5, 0.6) is 17.4 Å². The van der Waals surface area contributed by atoms with Crippen LogP contribution in [0.4, 0.5) is 17.2 Å². The second-order valence-corrected chi connectivity index (χ2v) is 6.28. The highest BCUT2D eigenvalue weighted by Crippen LogP contribution is 2.37. The summed E-state index contributed by atoms with van der Waals surface area (Å²) in [5.41, 5.74) is 1.32. The van der Waals surface area contributed by atoms with E-state index in [1.807, 2.05) is 12.1 Å². The van der Waals surface area contributed by atoms with E-state index in [1.165, 1.54) is 13.4 Å². The van der Waals surface area contributed by atoms with Crippen molar-refractivity contribution < 1.29 is 14.4 Å².